The highest BCUT2D eigenvalue weighted by atomic mass is 16.6. The lowest BCUT2D eigenvalue weighted by Gasteiger charge is -2.10. The van der Waals surface area contributed by atoms with Crippen molar-refractivity contribution in [1.29, 1.82) is 0 Å². The SMILES string of the molecule is CCNC(CC)c1nnc(-c2cccc([N+](=O)[O-])c2C)o1. The van der Waals surface area contributed by atoms with Crippen LogP contribution in [0.15, 0.2) is 22.6 Å². The van der Waals surface area contributed by atoms with E-state index in [-0.39, 0.29) is 11.7 Å². The number of nitro benzene ring substituents is 1. The minimum atomic E-state index is -0.413. The minimum Gasteiger partial charge on any atom is -0.419 e. The summed E-state index contributed by atoms with van der Waals surface area (Å²) in [6, 6.07) is 4.82. The minimum absolute atomic E-state index is 0.00439. The van der Waals surface area contributed by atoms with E-state index in [1.807, 2.05) is 13.8 Å². The molecule has 0 aliphatic heterocycles. The smallest absolute Gasteiger partial charge is 0.273 e. The molecule has 0 bridgehead atoms. The van der Waals surface area contributed by atoms with Gasteiger partial charge in [-0.3, -0.25) is 10.1 Å². The van der Waals surface area contributed by atoms with Crippen molar-refractivity contribution >= 4 is 5.69 Å². The molecule has 1 aromatic heterocycles. The second-order valence-corrected chi connectivity index (χ2v) is 4.67. The highest BCUT2D eigenvalue weighted by molar-refractivity contribution is 5.64. The van der Waals surface area contributed by atoms with E-state index in [0.29, 0.717) is 22.9 Å². The van der Waals surface area contributed by atoms with Gasteiger partial charge in [0.25, 0.3) is 5.69 Å². The zero-order valence-electron chi connectivity index (χ0n) is 12.3. The molecule has 7 nitrogen and oxygen atoms in total. The van der Waals surface area contributed by atoms with E-state index in [4.69, 9.17) is 4.42 Å². The van der Waals surface area contributed by atoms with E-state index in [0.717, 1.165) is 13.0 Å². The molecule has 0 radical (unpaired) electrons. The summed E-state index contributed by atoms with van der Waals surface area (Å²) in [6.45, 7) is 6.51. The lowest BCUT2D eigenvalue weighted by Crippen LogP contribution is -2.20. The van der Waals surface area contributed by atoms with Gasteiger partial charge in [0.1, 0.15) is 0 Å². The van der Waals surface area contributed by atoms with Gasteiger partial charge in [-0.2, -0.15) is 0 Å². The van der Waals surface area contributed by atoms with Crippen LogP contribution in [-0.2, 0) is 0 Å². The average molecular weight is 290 g/mol. The van der Waals surface area contributed by atoms with Crippen LogP contribution in [0.4, 0.5) is 5.69 Å². The summed E-state index contributed by atoms with van der Waals surface area (Å²) >= 11 is 0. The molecule has 2 rings (SSSR count). The molecule has 0 fully saturated rings. The first-order valence-electron chi connectivity index (χ1n) is 6.89. The van der Waals surface area contributed by atoms with Gasteiger partial charge in [0, 0.05) is 17.2 Å². The van der Waals surface area contributed by atoms with E-state index >= 15 is 0 Å². The number of benzene rings is 1. The van der Waals surface area contributed by atoms with Crippen LogP contribution in [0, 0.1) is 17.0 Å². The van der Waals surface area contributed by atoms with Gasteiger partial charge in [-0.25, -0.2) is 0 Å². The molecule has 1 atom stereocenters. The summed E-state index contributed by atoms with van der Waals surface area (Å²) < 4.78 is 5.68. The van der Waals surface area contributed by atoms with Crippen LogP contribution in [0.2, 0.25) is 0 Å². The van der Waals surface area contributed by atoms with Crippen LogP contribution >= 0.6 is 0 Å². The summed E-state index contributed by atoms with van der Waals surface area (Å²) in [7, 11) is 0. The van der Waals surface area contributed by atoms with Crippen molar-refractivity contribution in [1.82, 2.24) is 15.5 Å². The molecule has 0 aliphatic rings. The van der Waals surface area contributed by atoms with E-state index < -0.39 is 4.92 Å². The molecule has 1 aromatic carbocycles. The molecule has 112 valence electrons. The highest BCUT2D eigenvalue weighted by Crippen LogP contribution is 2.30. The maximum absolute atomic E-state index is 11.0. The Morgan fingerprint density at radius 1 is 1.38 bits per heavy atom. The third-order valence-corrected chi connectivity index (χ3v) is 3.33. The first-order valence-corrected chi connectivity index (χ1v) is 6.89. The molecule has 0 saturated heterocycles. The normalized spacial score (nSPS) is 12.3. The van der Waals surface area contributed by atoms with Crippen LogP contribution in [-0.4, -0.2) is 21.7 Å². The van der Waals surface area contributed by atoms with Crippen molar-refractivity contribution < 1.29 is 9.34 Å². The molecule has 1 N–H and O–H groups in total. The van der Waals surface area contributed by atoms with Crippen LogP contribution in [0.1, 0.15) is 37.8 Å². The molecular formula is C14H18N4O3. The average Bonchev–Trinajstić information content (AvgIpc) is 2.94. The maximum Gasteiger partial charge on any atom is 0.273 e. The standard InChI is InChI=1S/C14H18N4O3/c1-4-11(15-5-2)14-17-16-13(21-14)10-7-6-8-12(9(10)3)18(19)20/h6-8,11,15H,4-5H2,1-3H3. The molecule has 0 aliphatic carbocycles. The molecule has 2 aromatic rings. The molecular weight excluding hydrogens is 272 g/mol. The number of hydrogen-bond donors (Lipinski definition) is 1. The van der Waals surface area contributed by atoms with Crippen molar-refractivity contribution in [3.63, 3.8) is 0 Å². The summed E-state index contributed by atoms with van der Waals surface area (Å²) in [5.74, 6) is 0.808. The largest absolute Gasteiger partial charge is 0.419 e. The van der Waals surface area contributed by atoms with E-state index in [2.05, 4.69) is 15.5 Å². The van der Waals surface area contributed by atoms with Gasteiger partial charge in [0.05, 0.1) is 11.0 Å². The molecule has 7 heteroatoms. The Morgan fingerprint density at radius 3 is 2.76 bits per heavy atom. The van der Waals surface area contributed by atoms with Crippen LogP contribution in [0.3, 0.4) is 0 Å². The number of nitrogens with zero attached hydrogens (tertiary/aromatic N) is 3. The van der Waals surface area contributed by atoms with Gasteiger partial charge in [-0.15, -0.1) is 10.2 Å². The van der Waals surface area contributed by atoms with Crippen molar-refractivity contribution in [2.75, 3.05) is 6.54 Å². The summed E-state index contributed by atoms with van der Waals surface area (Å²) in [5.41, 5.74) is 1.16. The number of aromatic nitrogens is 2. The number of rotatable bonds is 6. The Balaban J connectivity index is 2.38. The quantitative estimate of drug-likeness (QED) is 0.649. The van der Waals surface area contributed by atoms with Gasteiger partial charge in [0.15, 0.2) is 0 Å². The van der Waals surface area contributed by atoms with Gasteiger partial charge >= 0.3 is 0 Å². The summed E-state index contributed by atoms with van der Waals surface area (Å²) in [5, 5.41) is 22.3. The fraction of sp³-hybridized carbons (Fsp3) is 0.429. The zero-order valence-corrected chi connectivity index (χ0v) is 12.3. The van der Waals surface area contributed by atoms with Crippen LogP contribution < -0.4 is 5.32 Å². The van der Waals surface area contributed by atoms with Crippen molar-refractivity contribution in [2.24, 2.45) is 0 Å². The van der Waals surface area contributed by atoms with E-state index in [9.17, 15) is 10.1 Å². The van der Waals surface area contributed by atoms with Crippen LogP contribution in [0.5, 0.6) is 0 Å². The summed E-state index contributed by atoms with van der Waals surface area (Å²) in [4.78, 5) is 10.6. The third-order valence-electron chi connectivity index (χ3n) is 3.33. The predicted octanol–water partition coefficient (Wildman–Crippen LogP) is 3.01. The maximum atomic E-state index is 11.0. The van der Waals surface area contributed by atoms with Crippen molar-refractivity contribution in [2.45, 2.75) is 33.2 Å². The fourth-order valence-corrected chi connectivity index (χ4v) is 2.19. The fourth-order valence-electron chi connectivity index (χ4n) is 2.19. The Bertz CT molecular complexity index is 639. The molecule has 0 spiro atoms. The molecule has 1 heterocycles. The van der Waals surface area contributed by atoms with Crippen LogP contribution in [0.25, 0.3) is 11.5 Å². The summed E-state index contributed by atoms with van der Waals surface area (Å²) in [6.07, 6.45) is 0.823. The number of nitrogens with one attached hydrogen (secondary N) is 1. The molecule has 0 amide bonds. The van der Waals surface area contributed by atoms with Gasteiger partial charge in [-0.1, -0.05) is 19.9 Å². The topological polar surface area (TPSA) is 94.1 Å². The van der Waals surface area contributed by atoms with E-state index in [1.54, 1.807) is 19.1 Å². The second-order valence-electron chi connectivity index (χ2n) is 4.67. The molecule has 1 unspecified atom stereocenters. The van der Waals surface area contributed by atoms with Gasteiger partial charge < -0.3 is 9.73 Å². The van der Waals surface area contributed by atoms with E-state index in [1.165, 1.54) is 6.07 Å². The van der Waals surface area contributed by atoms with Crippen molar-refractivity contribution in [3.8, 4) is 11.5 Å². The second kappa shape index (κ2) is 6.45. The van der Waals surface area contributed by atoms with Crippen molar-refractivity contribution in [3.05, 3.63) is 39.8 Å². The van der Waals surface area contributed by atoms with Gasteiger partial charge in [-0.05, 0) is 26.0 Å². The first-order chi connectivity index (χ1) is 10.1. The number of nitro groups is 1. The predicted molar refractivity (Wildman–Crippen MR) is 77.8 cm³/mol. The lowest BCUT2D eigenvalue weighted by atomic mass is 10.1. The Labute approximate surface area is 122 Å². The molecule has 0 saturated carbocycles. The number of hydrogen-bond acceptors (Lipinski definition) is 6. The highest BCUT2D eigenvalue weighted by Gasteiger charge is 2.20. The zero-order chi connectivity index (χ0) is 15.4. The first kappa shape index (κ1) is 15.1. The Hall–Kier alpha value is -2.28. The molecule has 21 heavy (non-hydrogen) atoms. The lowest BCUT2D eigenvalue weighted by molar-refractivity contribution is -0.385. The third kappa shape index (κ3) is 3.08. The Kier molecular flexibility index (Phi) is 4.64. The Morgan fingerprint density at radius 2 is 2.14 bits per heavy atom. The van der Waals surface area contributed by atoms with Gasteiger partial charge in [0.2, 0.25) is 11.8 Å². The monoisotopic (exact) mass is 290 g/mol.